The summed E-state index contributed by atoms with van der Waals surface area (Å²) in [6, 6.07) is 6.41. The van der Waals surface area contributed by atoms with Crippen LogP contribution in [0.1, 0.15) is 31.2 Å². The first-order chi connectivity index (χ1) is 12.5. The van der Waals surface area contributed by atoms with E-state index in [-0.39, 0.29) is 24.2 Å². The summed E-state index contributed by atoms with van der Waals surface area (Å²) in [6.45, 7) is 1.71. The molecular formula is C19H23NO6. The molecule has 2 saturated heterocycles. The van der Waals surface area contributed by atoms with E-state index in [4.69, 9.17) is 14.6 Å². The molecule has 1 aromatic carbocycles. The number of carboxylic acids is 1. The van der Waals surface area contributed by atoms with E-state index in [0.29, 0.717) is 0 Å². The first-order valence-corrected chi connectivity index (χ1v) is 8.70. The van der Waals surface area contributed by atoms with E-state index in [9.17, 15) is 14.7 Å². The number of hydrogen-bond acceptors (Lipinski definition) is 5. The van der Waals surface area contributed by atoms with Crippen molar-refractivity contribution < 1.29 is 29.3 Å². The number of aliphatic carboxylic acids is 1. The van der Waals surface area contributed by atoms with Crippen LogP contribution < -0.4 is 4.74 Å². The topological polar surface area (TPSA) is 96.3 Å². The van der Waals surface area contributed by atoms with Gasteiger partial charge in [-0.3, -0.25) is 9.69 Å². The van der Waals surface area contributed by atoms with Crippen molar-refractivity contribution in [1.82, 2.24) is 4.90 Å². The van der Waals surface area contributed by atoms with E-state index in [1.165, 1.54) is 11.0 Å². The lowest BCUT2D eigenvalue weighted by Crippen LogP contribution is -2.63. The van der Waals surface area contributed by atoms with Gasteiger partial charge in [0, 0.05) is 5.92 Å². The molecule has 1 amide bonds. The van der Waals surface area contributed by atoms with Crippen molar-refractivity contribution in [3.63, 3.8) is 0 Å². The lowest BCUT2D eigenvalue weighted by atomic mass is 9.76. The number of rotatable bonds is 7. The maximum Gasteiger partial charge on any atom is 0.334 e. The zero-order chi connectivity index (χ0) is 18.8. The van der Waals surface area contributed by atoms with Crippen LogP contribution in [0.3, 0.4) is 0 Å². The molecule has 0 bridgehead atoms. The van der Waals surface area contributed by atoms with E-state index in [1.807, 2.05) is 31.2 Å². The molecule has 0 aliphatic carbocycles. The third-order valence-electron chi connectivity index (χ3n) is 5.03. The Morgan fingerprint density at radius 1 is 1.38 bits per heavy atom. The second-order valence-corrected chi connectivity index (χ2v) is 6.48. The third-order valence-corrected chi connectivity index (χ3v) is 5.03. The Balaban J connectivity index is 1.89. The highest BCUT2D eigenvalue weighted by molar-refractivity contribution is 5.93. The summed E-state index contributed by atoms with van der Waals surface area (Å²) in [5, 5.41) is 18.5. The van der Waals surface area contributed by atoms with E-state index in [0.717, 1.165) is 24.2 Å². The van der Waals surface area contributed by atoms with Crippen LogP contribution in [0.4, 0.5) is 0 Å². The van der Waals surface area contributed by atoms with Gasteiger partial charge in [0.1, 0.15) is 17.4 Å². The highest BCUT2D eigenvalue weighted by atomic mass is 16.5. The molecule has 3 rings (SSSR count). The minimum Gasteiger partial charge on any atom is -0.497 e. The molecule has 2 N–H and O–H groups in total. The van der Waals surface area contributed by atoms with Gasteiger partial charge in [-0.1, -0.05) is 25.5 Å². The lowest BCUT2D eigenvalue weighted by molar-refractivity contribution is -0.178. The van der Waals surface area contributed by atoms with Crippen LogP contribution >= 0.6 is 0 Å². The van der Waals surface area contributed by atoms with Gasteiger partial charge in [0.25, 0.3) is 0 Å². The van der Waals surface area contributed by atoms with Gasteiger partial charge in [-0.2, -0.15) is 0 Å². The van der Waals surface area contributed by atoms with Gasteiger partial charge in [0.2, 0.25) is 5.91 Å². The largest absolute Gasteiger partial charge is 0.497 e. The van der Waals surface area contributed by atoms with Crippen LogP contribution in [0, 0.1) is 5.92 Å². The first kappa shape index (κ1) is 18.3. The minimum atomic E-state index is -1.16. The quantitative estimate of drug-likeness (QED) is 0.718. The number of β-lactam (4-membered cyclic amide) rings is 1. The Kier molecular flexibility index (Phi) is 5.18. The van der Waals surface area contributed by atoms with Crippen molar-refractivity contribution in [3.05, 3.63) is 41.7 Å². The van der Waals surface area contributed by atoms with Crippen LogP contribution in [-0.2, 0) is 14.3 Å². The Labute approximate surface area is 151 Å². The number of aliphatic hydroxyl groups is 1. The van der Waals surface area contributed by atoms with Gasteiger partial charge in [0.15, 0.2) is 12.3 Å². The van der Waals surface area contributed by atoms with Crippen molar-refractivity contribution in [2.45, 2.75) is 38.0 Å². The van der Waals surface area contributed by atoms with Gasteiger partial charge in [-0.05, 0) is 30.2 Å². The normalized spacial score (nSPS) is 26.9. The smallest absolute Gasteiger partial charge is 0.334 e. The summed E-state index contributed by atoms with van der Waals surface area (Å²) >= 11 is 0. The van der Waals surface area contributed by atoms with Gasteiger partial charge in [-0.25, -0.2) is 4.79 Å². The minimum absolute atomic E-state index is 0.0671. The van der Waals surface area contributed by atoms with Gasteiger partial charge in [0.05, 0.1) is 13.7 Å². The fourth-order valence-corrected chi connectivity index (χ4v) is 3.83. The summed E-state index contributed by atoms with van der Waals surface area (Å²) < 4.78 is 10.9. The third kappa shape index (κ3) is 2.92. The Morgan fingerprint density at radius 2 is 2.08 bits per heavy atom. The monoisotopic (exact) mass is 361 g/mol. The molecule has 0 aromatic heterocycles. The standard InChI is InChI=1S/C19H23NO6/c1-3-4-13(11-5-7-12(25-2)8-6-11)15-17(22)20-16(19(23)24)14(9-10-21)26-18(15)20/h5-9,13,15-16,18,21H,3-4,10H2,1-2H3,(H,23,24)/b14-9-/t13?,15?,16-,18-/m1/s1. The Hall–Kier alpha value is -2.54. The summed E-state index contributed by atoms with van der Waals surface area (Å²) in [6.07, 6.45) is 2.37. The first-order valence-electron chi connectivity index (χ1n) is 8.70. The van der Waals surface area contributed by atoms with E-state index in [2.05, 4.69) is 0 Å². The van der Waals surface area contributed by atoms with Crippen molar-refractivity contribution in [2.24, 2.45) is 5.92 Å². The summed E-state index contributed by atoms with van der Waals surface area (Å²) in [5.74, 6) is -1.02. The molecule has 0 spiro atoms. The average Bonchev–Trinajstić information content (AvgIpc) is 2.96. The molecule has 26 heavy (non-hydrogen) atoms. The number of amides is 1. The van der Waals surface area contributed by atoms with Crippen molar-refractivity contribution in [2.75, 3.05) is 13.7 Å². The number of carboxylic acid groups (broad SMARTS) is 1. The predicted octanol–water partition coefficient (Wildman–Crippen LogP) is 1.72. The summed E-state index contributed by atoms with van der Waals surface area (Å²) in [5.41, 5.74) is 1.00. The van der Waals surface area contributed by atoms with E-state index >= 15 is 0 Å². The van der Waals surface area contributed by atoms with Crippen molar-refractivity contribution in [1.29, 1.82) is 0 Å². The van der Waals surface area contributed by atoms with E-state index < -0.39 is 24.2 Å². The molecule has 2 unspecified atom stereocenters. The second-order valence-electron chi connectivity index (χ2n) is 6.48. The number of ether oxygens (including phenoxy) is 2. The highest BCUT2D eigenvalue weighted by Crippen LogP contribution is 2.48. The zero-order valence-electron chi connectivity index (χ0n) is 14.8. The molecule has 0 radical (unpaired) electrons. The zero-order valence-corrected chi connectivity index (χ0v) is 14.8. The molecule has 2 aliphatic heterocycles. The average molecular weight is 361 g/mol. The molecule has 7 heteroatoms. The number of methoxy groups -OCH3 is 1. The highest BCUT2D eigenvalue weighted by Gasteiger charge is 2.62. The van der Waals surface area contributed by atoms with Crippen LogP contribution in [0.5, 0.6) is 5.75 Å². The molecule has 140 valence electrons. The number of benzene rings is 1. The van der Waals surface area contributed by atoms with Crippen LogP contribution in [-0.4, -0.2) is 53.0 Å². The van der Waals surface area contributed by atoms with Crippen LogP contribution in [0.2, 0.25) is 0 Å². The molecule has 7 nitrogen and oxygen atoms in total. The molecule has 2 fully saturated rings. The maximum absolute atomic E-state index is 12.8. The molecule has 4 atom stereocenters. The van der Waals surface area contributed by atoms with E-state index in [1.54, 1.807) is 7.11 Å². The summed E-state index contributed by atoms with van der Waals surface area (Å²) in [4.78, 5) is 25.6. The molecule has 0 saturated carbocycles. The molecule has 2 heterocycles. The Morgan fingerprint density at radius 3 is 2.62 bits per heavy atom. The number of carbonyl (C=O) groups excluding carboxylic acids is 1. The number of carbonyl (C=O) groups is 2. The SMILES string of the molecule is CCCC(c1ccc(OC)cc1)C1C(=O)N2[C@@H]1O/C(=C\CO)[C@@H]2C(=O)O. The van der Waals surface area contributed by atoms with Gasteiger partial charge >= 0.3 is 5.97 Å². The molecular weight excluding hydrogens is 338 g/mol. The van der Waals surface area contributed by atoms with Crippen molar-refractivity contribution in [3.8, 4) is 5.75 Å². The van der Waals surface area contributed by atoms with Crippen molar-refractivity contribution >= 4 is 11.9 Å². The van der Waals surface area contributed by atoms with Crippen LogP contribution in [0.15, 0.2) is 36.1 Å². The molecule has 2 aliphatic rings. The fraction of sp³-hybridized carbons (Fsp3) is 0.474. The lowest BCUT2D eigenvalue weighted by Gasteiger charge is -2.45. The van der Waals surface area contributed by atoms with Gasteiger partial charge in [-0.15, -0.1) is 0 Å². The summed E-state index contributed by atoms with van der Waals surface area (Å²) in [7, 11) is 1.60. The fourth-order valence-electron chi connectivity index (χ4n) is 3.83. The second kappa shape index (κ2) is 7.37. The predicted molar refractivity (Wildman–Crippen MR) is 92.4 cm³/mol. The number of fused-ring (bicyclic) bond motifs is 1. The van der Waals surface area contributed by atoms with Crippen LogP contribution in [0.25, 0.3) is 0 Å². The molecule has 1 aromatic rings. The maximum atomic E-state index is 12.8. The number of nitrogens with zero attached hydrogens (tertiary/aromatic N) is 1. The van der Waals surface area contributed by atoms with Gasteiger partial charge < -0.3 is 19.7 Å². The number of aliphatic hydroxyl groups excluding tert-OH is 1. The number of hydrogen-bond donors (Lipinski definition) is 2. The Bertz CT molecular complexity index is 713.